The zero-order valence-electron chi connectivity index (χ0n) is 11.6. The molecule has 0 amide bonds. The Labute approximate surface area is 122 Å². The average Bonchev–Trinajstić information content (AvgIpc) is 3.28. The van der Waals surface area contributed by atoms with Crippen molar-refractivity contribution in [2.24, 2.45) is 0 Å². The SMILES string of the molecule is CSc1ccccc1Oc1nc(C2CC2)nc(N)c1C. The minimum atomic E-state index is 0.455. The summed E-state index contributed by atoms with van der Waals surface area (Å²) >= 11 is 1.65. The van der Waals surface area contributed by atoms with Gasteiger partial charge in [-0.3, -0.25) is 0 Å². The van der Waals surface area contributed by atoms with Crippen LogP contribution in [0, 0.1) is 6.92 Å². The number of rotatable bonds is 4. The van der Waals surface area contributed by atoms with Gasteiger partial charge in [0.1, 0.15) is 17.4 Å². The molecule has 5 heteroatoms. The number of thioether (sulfide) groups is 1. The fourth-order valence-electron chi connectivity index (χ4n) is 1.96. The number of aromatic nitrogens is 2. The molecule has 1 aromatic heterocycles. The van der Waals surface area contributed by atoms with Gasteiger partial charge < -0.3 is 10.5 Å². The van der Waals surface area contributed by atoms with Crippen LogP contribution in [-0.4, -0.2) is 16.2 Å². The number of ether oxygens (including phenoxy) is 1. The Hall–Kier alpha value is -1.75. The summed E-state index contributed by atoms with van der Waals surface area (Å²) in [6.45, 7) is 1.89. The van der Waals surface area contributed by atoms with Crippen LogP contribution in [0.2, 0.25) is 0 Å². The van der Waals surface area contributed by atoms with Gasteiger partial charge in [0.25, 0.3) is 0 Å². The highest BCUT2D eigenvalue weighted by atomic mass is 32.2. The van der Waals surface area contributed by atoms with Crippen LogP contribution < -0.4 is 10.5 Å². The molecule has 4 nitrogen and oxygen atoms in total. The van der Waals surface area contributed by atoms with E-state index in [0.717, 1.165) is 34.9 Å². The molecule has 1 aliphatic carbocycles. The molecule has 0 radical (unpaired) electrons. The van der Waals surface area contributed by atoms with Crippen LogP contribution in [0.4, 0.5) is 5.82 Å². The maximum Gasteiger partial charge on any atom is 0.227 e. The van der Waals surface area contributed by atoms with Gasteiger partial charge in [0.05, 0.1) is 5.56 Å². The van der Waals surface area contributed by atoms with Gasteiger partial charge in [-0.2, -0.15) is 4.98 Å². The molecule has 0 bridgehead atoms. The van der Waals surface area contributed by atoms with E-state index in [0.29, 0.717) is 17.6 Å². The van der Waals surface area contributed by atoms with Crippen LogP contribution in [0.3, 0.4) is 0 Å². The van der Waals surface area contributed by atoms with Crippen LogP contribution in [0.15, 0.2) is 29.2 Å². The number of para-hydroxylation sites is 1. The molecular weight excluding hydrogens is 270 g/mol. The highest BCUT2D eigenvalue weighted by Gasteiger charge is 2.28. The molecule has 0 spiro atoms. The second-order valence-electron chi connectivity index (χ2n) is 4.92. The number of anilines is 1. The van der Waals surface area contributed by atoms with E-state index in [1.807, 2.05) is 37.4 Å². The number of hydrogen-bond donors (Lipinski definition) is 1. The first-order valence-electron chi connectivity index (χ1n) is 6.64. The van der Waals surface area contributed by atoms with Crippen molar-refractivity contribution >= 4 is 17.6 Å². The quantitative estimate of drug-likeness (QED) is 0.868. The summed E-state index contributed by atoms with van der Waals surface area (Å²) in [5.41, 5.74) is 6.77. The Morgan fingerprint density at radius 1 is 1.25 bits per heavy atom. The first kappa shape index (κ1) is 13.2. The van der Waals surface area contributed by atoms with E-state index < -0.39 is 0 Å². The average molecular weight is 287 g/mol. The largest absolute Gasteiger partial charge is 0.437 e. The summed E-state index contributed by atoms with van der Waals surface area (Å²) in [6.07, 6.45) is 4.31. The monoisotopic (exact) mass is 287 g/mol. The Bertz CT molecular complexity index is 641. The Morgan fingerprint density at radius 3 is 2.70 bits per heavy atom. The van der Waals surface area contributed by atoms with E-state index in [9.17, 15) is 0 Å². The van der Waals surface area contributed by atoms with Gasteiger partial charge in [0, 0.05) is 10.8 Å². The van der Waals surface area contributed by atoms with E-state index in [4.69, 9.17) is 10.5 Å². The molecule has 2 N–H and O–H groups in total. The lowest BCUT2D eigenvalue weighted by Gasteiger charge is -2.12. The van der Waals surface area contributed by atoms with Gasteiger partial charge in [-0.1, -0.05) is 12.1 Å². The van der Waals surface area contributed by atoms with E-state index in [1.54, 1.807) is 11.8 Å². The minimum Gasteiger partial charge on any atom is -0.437 e. The van der Waals surface area contributed by atoms with Gasteiger partial charge in [-0.05, 0) is 38.2 Å². The fourth-order valence-corrected chi connectivity index (χ4v) is 2.49. The summed E-state index contributed by atoms with van der Waals surface area (Å²) in [5, 5.41) is 0. The third kappa shape index (κ3) is 2.58. The van der Waals surface area contributed by atoms with Crippen molar-refractivity contribution in [3.8, 4) is 11.6 Å². The molecule has 104 valence electrons. The third-order valence-electron chi connectivity index (χ3n) is 3.37. The van der Waals surface area contributed by atoms with Crippen molar-refractivity contribution in [3.63, 3.8) is 0 Å². The van der Waals surface area contributed by atoms with Crippen molar-refractivity contribution in [2.45, 2.75) is 30.6 Å². The van der Waals surface area contributed by atoms with E-state index in [-0.39, 0.29) is 0 Å². The molecule has 0 atom stereocenters. The van der Waals surface area contributed by atoms with Crippen molar-refractivity contribution in [2.75, 3.05) is 12.0 Å². The van der Waals surface area contributed by atoms with Crippen molar-refractivity contribution in [1.82, 2.24) is 9.97 Å². The van der Waals surface area contributed by atoms with Gasteiger partial charge in [-0.25, -0.2) is 4.98 Å². The summed E-state index contributed by atoms with van der Waals surface area (Å²) in [4.78, 5) is 9.98. The molecule has 1 saturated carbocycles. The summed E-state index contributed by atoms with van der Waals surface area (Å²) in [7, 11) is 0. The first-order valence-corrected chi connectivity index (χ1v) is 7.86. The van der Waals surface area contributed by atoms with Gasteiger partial charge >= 0.3 is 0 Å². The third-order valence-corrected chi connectivity index (χ3v) is 4.15. The van der Waals surface area contributed by atoms with Gasteiger partial charge in [0.2, 0.25) is 5.88 Å². The van der Waals surface area contributed by atoms with Crippen LogP contribution in [0.1, 0.15) is 30.1 Å². The van der Waals surface area contributed by atoms with Crippen molar-refractivity contribution < 1.29 is 4.74 Å². The molecule has 0 aliphatic heterocycles. The number of nitrogens with two attached hydrogens (primary N) is 1. The second-order valence-corrected chi connectivity index (χ2v) is 5.77. The van der Waals surface area contributed by atoms with E-state index in [1.165, 1.54) is 0 Å². The number of nitrogen functional groups attached to an aromatic ring is 1. The zero-order valence-corrected chi connectivity index (χ0v) is 12.4. The fraction of sp³-hybridized carbons (Fsp3) is 0.333. The molecule has 3 rings (SSSR count). The summed E-state index contributed by atoms with van der Waals surface area (Å²) < 4.78 is 5.98. The zero-order chi connectivity index (χ0) is 14.1. The molecule has 2 aromatic rings. The topological polar surface area (TPSA) is 61.0 Å². The van der Waals surface area contributed by atoms with Crippen LogP contribution in [0.25, 0.3) is 0 Å². The highest BCUT2D eigenvalue weighted by molar-refractivity contribution is 7.98. The number of hydrogen-bond acceptors (Lipinski definition) is 5. The van der Waals surface area contributed by atoms with Crippen LogP contribution in [-0.2, 0) is 0 Å². The molecule has 1 fully saturated rings. The highest BCUT2D eigenvalue weighted by Crippen LogP contribution is 2.40. The summed E-state index contributed by atoms with van der Waals surface area (Å²) in [5.74, 6) is 3.16. The summed E-state index contributed by atoms with van der Waals surface area (Å²) in [6, 6.07) is 7.92. The molecule has 0 saturated heterocycles. The van der Waals surface area contributed by atoms with Gasteiger partial charge in [-0.15, -0.1) is 11.8 Å². The molecule has 1 heterocycles. The molecule has 1 aliphatic rings. The molecular formula is C15H17N3OS. The normalized spacial score (nSPS) is 14.3. The molecule has 1 aromatic carbocycles. The lowest BCUT2D eigenvalue weighted by Crippen LogP contribution is -2.04. The molecule has 0 unspecified atom stereocenters. The Morgan fingerprint density at radius 2 is 2.00 bits per heavy atom. The smallest absolute Gasteiger partial charge is 0.227 e. The maximum absolute atomic E-state index is 5.98. The Kier molecular flexibility index (Phi) is 3.53. The van der Waals surface area contributed by atoms with Crippen molar-refractivity contribution in [3.05, 3.63) is 35.7 Å². The van der Waals surface area contributed by atoms with Crippen LogP contribution in [0.5, 0.6) is 11.6 Å². The second kappa shape index (κ2) is 5.32. The number of nitrogens with zero attached hydrogens (tertiary/aromatic N) is 2. The van der Waals surface area contributed by atoms with Gasteiger partial charge in [0.15, 0.2) is 0 Å². The standard InChI is InChI=1S/C15H17N3OS/c1-9-13(16)17-14(10-7-8-10)18-15(9)19-11-5-3-4-6-12(11)20-2/h3-6,10H,7-8H2,1-2H3,(H2,16,17,18). The maximum atomic E-state index is 5.98. The molecule has 20 heavy (non-hydrogen) atoms. The predicted molar refractivity (Wildman–Crippen MR) is 81.5 cm³/mol. The predicted octanol–water partition coefficient (Wildman–Crippen LogP) is 3.76. The lowest BCUT2D eigenvalue weighted by molar-refractivity contribution is 0.445. The minimum absolute atomic E-state index is 0.455. The van der Waals surface area contributed by atoms with Crippen LogP contribution >= 0.6 is 11.8 Å². The number of benzene rings is 1. The van der Waals surface area contributed by atoms with Crippen molar-refractivity contribution in [1.29, 1.82) is 0 Å². The lowest BCUT2D eigenvalue weighted by atomic mass is 10.3. The Balaban J connectivity index is 1.97. The first-order chi connectivity index (χ1) is 9.69. The van der Waals surface area contributed by atoms with E-state index in [2.05, 4.69) is 9.97 Å². The van der Waals surface area contributed by atoms with E-state index >= 15 is 0 Å².